The molecule has 2 unspecified atom stereocenters. The number of benzene rings is 1. The zero-order chi connectivity index (χ0) is 13.6. The minimum Gasteiger partial charge on any atom is -0.376 e. The number of hydrogen-bond donors (Lipinski definition) is 0. The molecule has 4 heteroatoms. The fourth-order valence-electron chi connectivity index (χ4n) is 3.02. The van der Waals surface area contributed by atoms with E-state index >= 15 is 0 Å². The van der Waals surface area contributed by atoms with E-state index in [1.54, 1.807) is 0 Å². The van der Waals surface area contributed by atoms with Crippen LogP contribution < -0.4 is 0 Å². The Balaban J connectivity index is 2.27. The quantitative estimate of drug-likeness (QED) is 0.785. The Morgan fingerprint density at radius 1 is 1.53 bits per heavy atom. The van der Waals surface area contributed by atoms with Crippen LogP contribution in [-0.2, 0) is 16.2 Å². The molecule has 19 heavy (non-hydrogen) atoms. The highest BCUT2D eigenvalue weighted by Gasteiger charge is 2.40. The summed E-state index contributed by atoms with van der Waals surface area (Å²) < 4.78 is 8.06. The summed E-state index contributed by atoms with van der Waals surface area (Å²) in [6, 6.07) is 6.39. The van der Waals surface area contributed by atoms with E-state index in [1.165, 1.54) is 5.56 Å². The minimum atomic E-state index is -0.0613. The Hall–Kier alpha value is -1.06. The van der Waals surface area contributed by atoms with Gasteiger partial charge in [-0.2, -0.15) is 0 Å². The molecule has 0 N–H and O–H groups in total. The number of imidazole rings is 1. The van der Waals surface area contributed by atoms with Gasteiger partial charge in [-0.3, -0.25) is 0 Å². The van der Waals surface area contributed by atoms with Crippen molar-refractivity contribution in [3.05, 3.63) is 29.6 Å². The van der Waals surface area contributed by atoms with Crippen LogP contribution in [0.3, 0.4) is 0 Å². The van der Waals surface area contributed by atoms with Gasteiger partial charge in [0.15, 0.2) is 0 Å². The summed E-state index contributed by atoms with van der Waals surface area (Å²) in [5.41, 5.74) is 3.34. The molecule has 0 aliphatic carbocycles. The van der Waals surface area contributed by atoms with Crippen molar-refractivity contribution in [1.82, 2.24) is 9.55 Å². The molecule has 2 atom stereocenters. The number of alkyl halides is 1. The second kappa shape index (κ2) is 4.50. The summed E-state index contributed by atoms with van der Waals surface area (Å²) in [7, 11) is 0. The van der Waals surface area contributed by atoms with Crippen molar-refractivity contribution >= 4 is 22.6 Å². The van der Waals surface area contributed by atoms with Gasteiger partial charge >= 0.3 is 0 Å². The van der Waals surface area contributed by atoms with Gasteiger partial charge in [-0.25, -0.2) is 4.98 Å². The molecule has 1 aromatic carbocycles. The SMILES string of the molecule is Cc1ccc2c(c1)nc(CCl)n2C1(C)CCOC1C. The predicted molar refractivity (Wildman–Crippen MR) is 77.7 cm³/mol. The fourth-order valence-corrected chi connectivity index (χ4v) is 3.20. The van der Waals surface area contributed by atoms with Crippen LogP contribution >= 0.6 is 11.6 Å². The van der Waals surface area contributed by atoms with Crippen molar-refractivity contribution in [3.63, 3.8) is 0 Å². The van der Waals surface area contributed by atoms with Crippen molar-refractivity contribution in [2.45, 2.75) is 44.7 Å². The molecule has 1 aromatic heterocycles. The maximum Gasteiger partial charge on any atom is 0.125 e. The van der Waals surface area contributed by atoms with Crippen LogP contribution in [0.25, 0.3) is 11.0 Å². The molecule has 3 nitrogen and oxygen atoms in total. The van der Waals surface area contributed by atoms with Crippen molar-refractivity contribution < 1.29 is 4.74 Å². The van der Waals surface area contributed by atoms with Gasteiger partial charge in [0.1, 0.15) is 5.82 Å². The van der Waals surface area contributed by atoms with Gasteiger partial charge in [-0.1, -0.05) is 6.07 Å². The Morgan fingerprint density at radius 2 is 2.32 bits per heavy atom. The molecule has 0 bridgehead atoms. The monoisotopic (exact) mass is 278 g/mol. The lowest BCUT2D eigenvalue weighted by Gasteiger charge is -2.31. The molecule has 1 aliphatic heterocycles. The number of rotatable bonds is 2. The topological polar surface area (TPSA) is 27.1 Å². The number of halogens is 1. The van der Waals surface area contributed by atoms with Gasteiger partial charge in [0.05, 0.1) is 28.6 Å². The van der Waals surface area contributed by atoms with Crippen LogP contribution in [0.2, 0.25) is 0 Å². The van der Waals surface area contributed by atoms with E-state index in [4.69, 9.17) is 21.3 Å². The molecular formula is C15H19ClN2O. The van der Waals surface area contributed by atoms with Crippen LogP contribution in [-0.4, -0.2) is 22.3 Å². The number of aryl methyl sites for hydroxylation is 1. The van der Waals surface area contributed by atoms with E-state index in [0.717, 1.165) is 29.9 Å². The predicted octanol–water partition coefficient (Wildman–Crippen LogP) is 3.61. The first-order valence-corrected chi connectivity index (χ1v) is 7.26. The first-order valence-electron chi connectivity index (χ1n) is 6.72. The molecular weight excluding hydrogens is 260 g/mol. The Labute approximate surface area is 118 Å². The second-order valence-electron chi connectivity index (χ2n) is 5.61. The third-order valence-electron chi connectivity index (χ3n) is 4.36. The molecule has 0 saturated carbocycles. The van der Waals surface area contributed by atoms with Crippen molar-refractivity contribution in [2.75, 3.05) is 6.61 Å². The molecule has 0 amide bonds. The van der Waals surface area contributed by atoms with E-state index in [9.17, 15) is 0 Å². The van der Waals surface area contributed by atoms with Gasteiger partial charge in [0.2, 0.25) is 0 Å². The third-order valence-corrected chi connectivity index (χ3v) is 4.60. The summed E-state index contributed by atoms with van der Waals surface area (Å²) in [5.74, 6) is 1.36. The molecule has 1 fully saturated rings. The molecule has 3 rings (SSSR count). The lowest BCUT2D eigenvalue weighted by Crippen LogP contribution is -2.37. The zero-order valence-electron chi connectivity index (χ0n) is 11.6. The molecule has 2 heterocycles. The van der Waals surface area contributed by atoms with Gasteiger partial charge in [0.25, 0.3) is 0 Å². The maximum atomic E-state index is 6.11. The second-order valence-corrected chi connectivity index (χ2v) is 5.88. The average Bonchev–Trinajstić information content (AvgIpc) is 2.91. The van der Waals surface area contributed by atoms with Gasteiger partial charge in [-0.15, -0.1) is 11.6 Å². The summed E-state index contributed by atoms with van der Waals surface area (Å²) >= 11 is 6.11. The number of fused-ring (bicyclic) bond motifs is 1. The average molecular weight is 279 g/mol. The molecule has 1 saturated heterocycles. The molecule has 1 aliphatic rings. The van der Waals surface area contributed by atoms with Crippen molar-refractivity contribution in [1.29, 1.82) is 0 Å². The largest absolute Gasteiger partial charge is 0.376 e. The number of hydrogen-bond acceptors (Lipinski definition) is 2. The van der Waals surface area contributed by atoms with Crippen LogP contribution in [0, 0.1) is 6.92 Å². The normalized spacial score (nSPS) is 27.3. The lowest BCUT2D eigenvalue weighted by atomic mass is 9.93. The highest BCUT2D eigenvalue weighted by Crippen LogP contribution is 2.37. The summed E-state index contributed by atoms with van der Waals surface area (Å²) in [6.45, 7) is 7.25. The summed E-state index contributed by atoms with van der Waals surface area (Å²) in [6.07, 6.45) is 1.17. The minimum absolute atomic E-state index is 0.0613. The van der Waals surface area contributed by atoms with Crippen molar-refractivity contribution in [3.8, 4) is 0 Å². The van der Waals surface area contributed by atoms with Crippen LogP contribution in [0.15, 0.2) is 18.2 Å². The third kappa shape index (κ3) is 1.87. The smallest absolute Gasteiger partial charge is 0.125 e. The lowest BCUT2D eigenvalue weighted by molar-refractivity contribution is 0.0766. The van der Waals surface area contributed by atoms with E-state index < -0.39 is 0 Å². The van der Waals surface area contributed by atoms with Gasteiger partial charge in [0, 0.05) is 6.61 Å². The maximum absolute atomic E-state index is 6.11. The standard InChI is InChI=1S/C15H19ClN2O/c1-10-4-5-13-12(8-10)17-14(9-16)18(13)15(3)6-7-19-11(15)2/h4-5,8,11H,6-7,9H2,1-3H3. The number of nitrogens with zero attached hydrogens (tertiary/aromatic N) is 2. The van der Waals surface area contributed by atoms with Gasteiger partial charge in [-0.05, 0) is 44.9 Å². The zero-order valence-corrected chi connectivity index (χ0v) is 12.4. The van der Waals surface area contributed by atoms with Crippen LogP contribution in [0.4, 0.5) is 0 Å². The Morgan fingerprint density at radius 3 is 2.95 bits per heavy atom. The molecule has 2 aromatic rings. The Bertz CT molecular complexity index is 622. The molecule has 102 valence electrons. The fraction of sp³-hybridized carbons (Fsp3) is 0.533. The molecule has 0 radical (unpaired) electrons. The first-order chi connectivity index (χ1) is 9.06. The van der Waals surface area contributed by atoms with E-state index in [-0.39, 0.29) is 11.6 Å². The van der Waals surface area contributed by atoms with E-state index in [2.05, 4.69) is 43.5 Å². The Kier molecular flexibility index (Phi) is 3.06. The summed E-state index contributed by atoms with van der Waals surface area (Å²) in [4.78, 5) is 4.69. The summed E-state index contributed by atoms with van der Waals surface area (Å²) in [5, 5.41) is 0. The van der Waals surface area contributed by atoms with Crippen LogP contribution in [0.1, 0.15) is 31.7 Å². The van der Waals surface area contributed by atoms with E-state index in [0.29, 0.717) is 5.88 Å². The van der Waals surface area contributed by atoms with E-state index in [1.807, 2.05) is 0 Å². The first kappa shape index (κ1) is 12.9. The number of aromatic nitrogens is 2. The molecule has 0 spiro atoms. The van der Waals surface area contributed by atoms with Crippen molar-refractivity contribution in [2.24, 2.45) is 0 Å². The van der Waals surface area contributed by atoms with Crippen LogP contribution in [0.5, 0.6) is 0 Å². The highest BCUT2D eigenvalue weighted by molar-refractivity contribution is 6.16. The van der Waals surface area contributed by atoms with Gasteiger partial charge < -0.3 is 9.30 Å². The number of ether oxygens (including phenoxy) is 1. The highest BCUT2D eigenvalue weighted by atomic mass is 35.5.